The highest BCUT2D eigenvalue weighted by atomic mass is 16.6. The number of nitrogens with one attached hydrogen (secondary N) is 1. The molecule has 19 heavy (non-hydrogen) atoms. The average molecular weight is 269 g/mol. The molecular weight excluding hydrogens is 254 g/mol. The first-order valence-electron chi connectivity index (χ1n) is 5.75. The van der Waals surface area contributed by atoms with Gasteiger partial charge < -0.3 is 14.7 Å². The zero-order valence-corrected chi connectivity index (χ0v) is 10.6. The Labute approximate surface area is 108 Å². The normalized spacial score (nSPS) is 24.9. The van der Waals surface area contributed by atoms with Gasteiger partial charge in [-0.15, -0.1) is 0 Å². The number of oxime groups is 1. The van der Waals surface area contributed by atoms with E-state index in [2.05, 4.69) is 15.0 Å². The van der Waals surface area contributed by atoms with Crippen molar-refractivity contribution < 1.29 is 14.7 Å². The molecule has 1 aromatic rings. The first-order valence-corrected chi connectivity index (χ1v) is 5.75. The van der Waals surface area contributed by atoms with Crippen molar-refractivity contribution in [2.75, 3.05) is 13.7 Å². The highest BCUT2D eigenvalue weighted by molar-refractivity contribution is 5.90. The molecule has 2 N–H and O–H groups in total. The summed E-state index contributed by atoms with van der Waals surface area (Å²) in [6, 6.07) is 0. The topological polar surface area (TPSA) is 106 Å². The van der Waals surface area contributed by atoms with E-state index in [1.807, 2.05) is 0 Å². The molecule has 1 aromatic heterocycles. The number of hydrogen-bond acceptors (Lipinski definition) is 6. The fraction of sp³-hybridized carbons (Fsp3) is 0.545. The van der Waals surface area contributed by atoms with Crippen molar-refractivity contribution in [1.82, 2.24) is 9.55 Å². The Hall–Kier alpha value is -1.93. The standard InChI is InChI=1S/C11H15N3O5/c1-6-4-14(11(17)12-10(6)16)9-3-7(13-18-2)8(5-15)19-9/h4,8-9,15H,3,5H2,1-2H3,(H,12,16,17). The Morgan fingerprint density at radius 1 is 1.63 bits per heavy atom. The molecule has 8 nitrogen and oxygen atoms in total. The van der Waals surface area contributed by atoms with E-state index >= 15 is 0 Å². The van der Waals surface area contributed by atoms with Crippen LogP contribution in [-0.2, 0) is 9.57 Å². The maximum atomic E-state index is 11.7. The molecule has 2 atom stereocenters. The van der Waals surface area contributed by atoms with Gasteiger partial charge in [-0.05, 0) is 6.92 Å². The number of rotatable bonds is 3. The molecule has 0 saturated carbocycles. The Balaban J connectivity index is 2.35. The number of hydrogen-bond donors (Lipinski definition) is 2. The summed E-state index contributed by atoms with van der Waals surface area (Å²) >= 11 is 0. The van der Waals surface area contributed by atoms with E-state index in [1.54, 1.807) is 6.92 Å². The number of H-pyrrole nitrogens is 1. The average Bonchev–Trinajstić information content (AvgIpc) is 2.77. The number of ether oxygens (including phenoxy) is 1. The third-order valence-corrected chi connectivity index (χ3v) is 2.91. The predicted molar refractivity (Wildman–Crippen MR) is 66.1 cm³/mol. The molecule has 1 saturated heterocycles. The summed E-state index contributed by atoms with van der Waals surface area (Å²) in [6.45, 7) is 1.34. The van der Waals surface area contributed by atoms with Crippen LogP contribution in [0.1, 0.15) is 18.2 Å². The second-order valence-corrected chi connectivity index (χ2v) is 4.21. The zero-order chi connectivity index (χ0) is 14.0. The number of aromatic nitrogens is 2. The minimum atomic E-state index is -0.617. The molecule has 2 rings (SSSR count). The van der Waals surface area contributed by atoms with Gasteiger partial charge in [0.1, 0.15) is 19.4 Å². The lowest BCUT2D eigenvalue weighted by Gasteiger charge is -2.14. The highest BCUT2D eigenvalue weighted by Crippen LogP contribution is 2.25. The van der Waals surface area contributed by atoms with Gasteiger partial charge in [0.25, 0.3) is 5.56 Å². The molecule has 1 fully saturated rings. The van der Waals surface area contributed by atoms with Crippen LogP contribution in [0, 0.1) is 6.92 Å². The smallest absolute Gasteiger partial charge is 0.330 e. The maximum Gasteiger partial charge on any atom is 0.330 e. The van der Waals surface area contributed by atoms with Crippen LogP contribution in [0.3, 0.4) is 0 Å². The first kappa shape index (κ1) is 13.5. The predicted octanol–water partition coefficient (Wildman–Crippen LogP) is -0.873. The van der Waals surface area contributed by atoms with E-state index in [0.717, 1.165) is 0 Å². The molecule has 2 unspecified atom stereocenters. The van der Waals surface area contributed by atoms with Gasteiger partial charge in [-0.1, -0.05) is 5.16 Å². The second kappa shape index (κ2) is 5.37. The van der Waals surface area contributed by atoms with Gasteiger partial charge in [0, 0.05) is 18.2 Å². The number of aliphatic hydroxyl groups is 1. The highest BCUT2D eigenvalue weighted by Gasteiger charge is 2.33. The summed E-state index contributed by atoms with van der Waals surface area (Å²) in [4.78, 5) is 29.9. The van der Waals surface area contributed by atoms with Crippen LogP contribution >= 0.6 is 0 Å². The van der Waals surface area contributed by atoms with Crippen molar-refractivity contribution in [3.05, 3.63) is 32.6 Å². The monoisotopic (exact) mass is 269 g/mol. The van der Waals surface area contributed by atoms with E-state index in [0.29, 0.717) is 17.7 Å². The maximum absolute atomic E-state index is 11.7. The van der Waals surface area contributed by atoms with Crippen LogP contribution in [0.5, 0.6) is 0 Å². The molecule has 104 valence electrons. The summed E-state index contributed by atoms with van der Waals surface area (Å²) in [5.74, 6) is 0. The fourth-order valence-corrected chi connectivity index (χ4v) is 1.95. The fourth-order valence-electron chi connectivity index (χ4n) is 1.95. The Morgan fingerprint density at radius 3 is 3.00 bits per heavy atom. The van der Waals surface area contributed by atoms with Gasteiger partial charge in [-0.3, -0.25) is 14.3 Å². The number of aromatic amines is 1. The Kier molecular flexibility index (Phi) is 3.82. The van der Waals surface area contributed by atoms with Gasteiger partial charge in [-0.25, -0.2) is 4.79 Å². The second-order valence-electron chi connectivity index (χ2n) is 4.21. The van der Waals surface area contributed by atoms with E-state index in [4.69, 9.17) is 4.74 Å². The third kappa shape index (κ3) is 2.59. The molecule has 0 aliphatic carbocycles. The summed E-state index contributed by atoms with van der Waals surface area (Å²) in [5.41, 5.74) is -0.0636. The minimum absolute atomic E-state index is 0.254. The van der Waals surface area contributed by atoms with E-state index in [1.165, 1.54) is 17.9 Å². The van der Waals surface area contributed by atoms with Gasteiger partial charge in [-0.2, -0.15) is 0 Å². The van der Waals surface area contributed by atoms with Gasteiger partial charge in [0.05, 0.1) is 12.3 Å². The van der Waals surface area contributed by atoms with Crippen LogP contribution in [0.2, 0.25) is 0 Å². The van der Waals surface area contributed by atoms with Gasteiger partial charge in [0.15, 0.2) is 0 Å². The van der Waals surface area contributed by atoms with Crippen molar-refractivity contribution in [2.45, 2.75) is 25.7 Å². The van der Waals surface area contributed by atoms with E-state index in [9.17, 15) is 14.7 Å². The third-order valence-electron chi connectivity index (χ3n) is 2.91. The van der Waals surface area contributed by atoms with Crippen molar-refractivity contribution in [3.63, 3.8) is 0 Å². The zero-order valence-electron chi connectivity index (χ0n) is 10.6. The van der Waals surface area contributed by atoms with Crippen LogP contribution < -0.4 is 11.2 Å². The van der Waals surface area contributed by atoms with Crippen molar-refractivity contribution in [3.8, 4) is 0 Å². The van der Waals surface area contributed by atoms with Crippen LogP contribution in [-0.4, -0.2) is 40.2 Å². The van der Waals surface area contributed by atoms with Gasteiger partial charge >= 0.3 is 5.69 Å². The molecule has 0 aromatic carbocycles. The Morgan fingerprint density at radius 2 is 2.37 bits per heavy atom. The van der Waals surface area contributed by atoms with Crippen LogP contribution in [0.25, 0.3) is 0 Å². The van der Waals surface area contributed by atoms with Crippen LogP contribution in [0.4, 0.5) is 0 Å². The molecule has 1 aliphatic rings. The first-order chi connectivity index (χ1) is 9.06. The van der Waals surface area contributed by atoms with Crippen LogP contribution in [0.15, 0.2) is 20.9 Å². The molecule has 0 radical (unpaired) electrons. The van der Waals surface area contributed by atoms with Gasteiger partial charge in [0.2, 0.25) is 0 Å². The van der Waals surface area contributed by atoms with E-state index < -0.39 is 23.6 Å². The largest absolute Gasteiger partial charge is 0.399 e. The molecule has 0 spiro atoms. The number of aliphatic hydroxyl groups excluding tert-OH is 1. The molecule has 8 heteroatoms. The molecular formula is C11H15N3O5. The number of nitrogens with zero attached hydrogens (tertiary/aromatic N) is 2. The summed E-state index contributed by atoms with van der Waals surface area (Å²) < 4.78 is 6.79. The summed E-state index contributed by atoms with van der Waals surface area (Å²) in [6.07, 6.45) is 0.513. The SMILES string of the molecule is CON=C1CC(n2cc(C)c(=O)[nH]c2=O)OC1CO. The lowest BCUT2D eigenvalue weighted by atomic mass is 10.2. The molecule has 0 bridgehead atoms. The van der Waals surface area contributed by atoms with Crippen molar-refractivity contribution in [2.24, 2.45) is 5.16 Å². The Bertz CT molecular complexity index is 603. The quantitative estimate of drug-likeness (QED) is 0.694. The molecule has 1 aliphatic heterocycles. The van der Waals surface area contributed by atoms with Crippen molar-refractivity contribution in [1.29, 1.82) is 0 Å². The lowest BCUT2D eigenvalue weighted by Crippen LogP contribution is -2.33. The van der Waals surface area contributed by atoms with E-state index in [-0.39, 0.29) is 6.61 Å². The summed E-state index contributed by atoms with van der Waals surface area (Å²) in [5, 5.41) is 13.0. The number of aryl methyl sites for hydroxylation is 1. The lowest BCUT2D eigenvalue weighted by molar-refractivity contribution is -0.0154. The molecule has 0 amide bonds. The molecule has 2 heterocycles. The van der Waals surface area contributed by atoms with Crippen molar-refractivity contribution >= 4 is 5.71 Å². The minimum Gasteiger partial charge on any atom is -0.399 e. The summed E-state index contributed by atoms with van der Waals surface area (Å²) in [7, 11) is 1.39.